The second-order valence-electron chi connectivity index (χ2n) is 10.9. The van der Waals surface area contributed by atoms with E-state index in [4.69, 9.17) is 9.47 Å². The van der Waals surface area contributed by atoms with Gasteiger partial charge >= 0.3 is 11.9 Å². The van der Waals surface area contributed by atoms with Gasteiger partial charge in [-0.05, 0) is 33.6 Å². The van der Waals surface area contributed by atoms with Gasteiger partial charge < -0.3 is 9.47 Å². The van der Waals surface area contributed by atoms with Gasteiger partial charge in [0.2, 0.25) is 0 Å². The van der Waals surface area contributed by atoms with Crippen LogP contribution in [0.3, 0.4) is 0 Å². The van der Waals surface area contributed by atoms with Crippen molar-refractivity contribution in [3.05, 3.63) is 0 Å². The number of unbranched alkanes of at least 4 members (excludes halogenated alkanes) is 20. The van der Waals surface area contributed by atoms with E-state index in [0.29, 0.717) is 19.4 Å². The molecule has 0 fully saturated rings. The molecule has 0 bridgehead atoms. The fraction of sp³-hybridized carbons (Fsp3) is 0.939. The largest absolute Gasteiger partial charge is 0.466 e. The molecule has 4 heteroatoms. The Morgan fingerprint density at radius 2 is 0.757 bits per heavy atom. The molecule has 0 spiro atoms. The highest BCUT2D eigenvalue weighted by atomic mass is 16.5. The average molecular weight is 527 g/mol. The summed E-state index contributed by atoms with van der Waals surface area (Å²) >= 11 is 0. The maximum absolute atomic E-state index is 11.3. The zero-order valence-corrected chi connectivity index (χ0v) is 25.9. The maximum atomic E-state index is 11.3. The second kappa shape index (κ2) is 33.0. The zero-order valence-electron chi connectivity index (χ0n) is 25.9. The van der Waals surface area contributed by atoms with Crippen LogP contribution in [-0.2, 0) is 19.1 Å². The number of hydrogen-bond acceptors (Lipinski definition) is 4. The first-order valence-corrected chi connectivity index (χ1v) is 16.3. The third kappa shape index (κ3) is 37.2. The Hall–Kier alpha value is -1.06. The Morgan fingerprint density at radius 1 is 0.459 bits per heavy atom. The highest BCUT2D eigenvalue weighted by Gasteiger charge is 2.04. The van der Waals surface area contributed by atoms with Gasteiger partial charge in [0, 0.05) is 12.8 Å². The molecule has 4 nitrogen and oxygen atoms in total. The molecule has 0 radical (unpaired) electrons. The first-order valence-electron chi connectivity index (χ1n) is 16.3. The van der Waals surface area contributed by atoms with Crippen LogP contribution in [0.4, 0.5) is 0 Å². The van der Waals surface area contributed by atoms with E-state index in [1.165, 1.54) is 128 Å². The van der Waals surface area contributed by atoms with Gasteiger partial charge in [-0.25, -0.2) is 0 Å². The Morgan fingerprint density at radius 3 is 1.05 bits per heavy atom. The first-order chi connectivity index (χ1) is 18.0. The number of esters is 2. The lowest BCUT2D eigenvalue weighted by Crippen LogP contribution is -2.10. The van der Waals surface area contributed by atoms with Crippen molar-refractivity contribution in [1.29, 1.82) is 0 Å². The summed E-state index contributed by atoms with van der Waals surface area (Å²) in [7, 11) is 0. The lowest BCUT2D eigenvalue weighted by Gasteiger charge is -2.07. The molecule has 37 heavy (non-hydrogen) atoms. The minimum atomic E-state index is -0.0362. The number of rotatable bonds is 26. The minimum Gasteiger partial charge on any atom is -0.466 e. The SMILES string of the molecule is CCCCCCCCCCCCCC(=O)OC(C)C.CCCCCCCCCCCCCC(=O)OCC. The molecule has 0 amide bonds. The fourth-order valence-electron chi connectivity index (χ4n) is 4.42. The topological polar surface area (TPSA) is 52.6 Å². The van der Waals surface area contributed by atoms with Crippen LogP contribution >= 0.6 is 0 Å². The van der Waals surface area contributed by atoms with Crippen molar-refractivity contribution in [2.75, 3.05) is 6.61 Å². The maximum Gasteiger partial charge on any atom is 0.306 e. The first kappa shape index (κ1) is 38.1. The summed E-state index contributed by atoms with van der Waals surface area (Å²) in [6.45, 7) is 10.7. The van der Waals surface area contributed by atoms with Crippen LogP contribution in [0.15, 0.2) is 0 Å². The summed E-state index contributed by atoms with van der Waals surface area (Å²) in [5.41, 5.74) is 0. The lowest BCUT2D eigenvalue weighted by atomic mass is 10.1. The molecule has 0 aromatic rings. The average Bonchev–Trinajstić information content (AvgIpc) is 2.86. The van der Waals surface area contributed by atoms with Gasteiger partial charge in [-0.15, -0.1) is 0 Å². The van der Waals surface area contributed by atoms with Crippen LogP contribution in [0.25, 0.3) is 0 Å². The number of ether oxygens (including phenoxy) is 2. The fourth-order valence-corrected chi connectivity index (χ4v) is 4.42. The zero-order chi connectivity index (χ0) is 27.8. The van der Waals surface area contributed by atoms with E-state index in [2.05, 4.69) is 13.8 Å². The molecule has 0 unspecified atom stereocenters. The Kier molecular flexibility index (Phi) is 33.9. The van der Waals surface area contributed by atoms with Gasteiger partial charge in [0.25, 0.3) is 0 Å². The van der Waals surface area contributed by atoms with E-state index < -0.39 is 0 Å². The molecule has 222 valence electrons. The van der Waals surface area contributed by atoms with Gasteiger partial charge in [-0.3, -0.25) is 9.59 Å². The number of carbonyl (C=O) groups is 2. The predicted octanol–water partition coefficient (Wildman–Crippen LogP) is 10.9. The van der Waals surface area contributed by atoms with Crippen LogP contribution in [0.5, 0.6) is 0 Å². The van der Waals surface area contributed by atoms with E-state index in [1.807, 2.05) is 20.8 Å². The van der Waals surface area contributed by atoms with Gasteiger partial charge in [-0.2, -0.15) is 0 Å². The van der Waals surface area contributed by atoms with E-state index >= 15 is 0 Å². The van der Waals surface area contributed by atoms with Crippen molar-refractivity contribution in [1.82, 2.24) is 0 Å². The summed E-state index contributed by atoms with van der Waals surface area (Å²) in [4.78, 5) is 22.4. The van der Waals surface area contributed by atoms with Gasteiger partial charge in [0.15, 0.2) is 0 Å². The van der Waals surface area contributed by atoms with E-state index in [0.717, 1.165) is 12.8 Å². The van der Waals surface area contributed by atoms with Crippen LogP contribution in [0, 0.1) is 0 Å². The Balaban J connectivity index is 0. The monoisotopic (exact) mass is 526 g/mol. The Bertz CT molecular complexity index is 461. The molecular weight excluding hydrogens is 460 g/mol. The number of hydrogen-bond donors (Lipinski definition) is 0. The van der Waals surface area contributed by atoms with Crippen molar-refractivity contribution in [3.8, 4) is 0 Å². The normalized spacial score (nSPS) is 10.8. The van der Waals surface area contributed by atoms with E-state index in [-0.39, 0.29) is 18.0 Å². The van der Waals surface area contributed by atoms with E-state index in [9.17, 15) is 9.59 Å². The molecular formula is C33H66O4. The van der Waals surface area contributed by atoms with Crippen molar-refractivity contribution in [2.45, 2.75) is 195 Å². The third-order valence-electron chi connectivity index (χ3n) is 6.64. The molecule has 0 aliphatic carbocycles. The molecule has 0 aliphatic heterocycles. The molecule has 0 aromatic carbocycles. The molecule has 0 aliphatic rings. The van der Waals surface area contributed by atoms with Gasteiger partial charge in [0.05, 0.1) is 12.7 Å². The molecule has 0 saturated heterocycles. The van der Waals surface area contributed by atoms with Gasteiger partial charge in [-0.1, -0.05) is 142 Å². The second-order valence-corrected chi connectivity index (χ2v) is 10.9. The predicted molar refractivity (Wildman–Crippen MR) is 160 cm³/mol. The summed E-state index contributed by atoms with van der Waals surface area (Å²) in [6.07, 6.45) is 30.2. The van der Waals surface area contributed by atoms with Crippen LogP contribution in [-0.4, -0.2) is 24.6 Å². The van der Waals surface area contributed by atoms with Crippen LogP contribution in [0.2, 0.25) is 0 Å². The highest BCUT2D eigenvalue weighted by Crippen LogP contribution is 2.13. The highest BCUT2D eigenvalue weighted by molar-refractivity contribution is 5.69. The van der Waals surface area contributed by atoms with Crippen LogP contribution in [0.1, 0.15) is 189 Å². The standard InChI is InChI=1S/C17H34O2.C16H32O2/c1-4-5-6-7-8-9-10-11-12-13-14-15-17(18)19-16(2)3;1-3-5-6-7-8-9-10-11-12-13-14-15-16(17)18-4-2/h16H,4-15H2,1-3H3;3-15H2,1-2H3. The summed E-state index contributed by atoms with van der Waals surface area (Å²) in [6, 6.07) is 0. The van der Waals surface area contributed by atoms with Crippen molar-refractivity contribution in [2.24, 2.45) is 0 Å². The smallest absolute Gasteiger partial charge is 0.306 e. The summed E-state index contributed by atoms with van der Waals surface area (Å²) in [5, 5.41) is 0. The van der Waals surface area contributed by atoms with Gasteiger partial charge in [0.1, 0.15) is 0 Å². The number of carbonyl (C=O) groups excluding carboxylic acids is 2. The van der Waals surface area contributed by atoms with Crippen LogP contribution < -0.4 is 0 Å². The van der Waals surface area contributed by atoms with Crippen molar-refractivity contribution in [3.63, 3.8) is 0 Å². The molecule has 0 aromatic heterocycles. The molecule has 0 saturated carbocycles. The molecule has 0 heterocycles. The van der Waals surface area contributed by atoms with Crippen molar-refractivity contribution < 1.29 is 19.1 Å². The third-order valence-corrected chi connectivity index (χ3v) is 6.64. The van der Waals surface area contributed by atoms with Crippen molar-refractivity contribution >= 4 is 11.9 Å². The van der Waals surface area contributed by atoms with E-state index in [1.54, 1.807) is 0 Å². The molecule has 0 rings (SSSR count). The minimum absolute atomic E-state index is 0.0280. The molecule has 0 atom stereocenters. The molecule has 0 N–H and O–H groups in total. The Labute approximate surface area is 232 Å². The summed E-state index contributed by atoms with van der Waals surface area (Å²) in [5.74, 6) is -0.0700. The summed E-state index contributed by atoms with van der Waals surface area (Å²) < 4.78 is 10.00. The lowest BCUT2D eigenvalue weighted by molar-refractivity contribution is -0.147. The quantitative estimate of drug-likeness (QED) is 0.0830.